The summed E-state index contributed by atoms with van der Waals surface area (Å²) in [6, 6.07) is 5.73. The van der Waals surface area contributed by atoms with Crippen LogP contribution in [-0.2, 0) is 18.4 Å². The van der Waals surface area contributed by atoms with Crippen molar-refractivity contribution in [3.8, 4) is 11.5 Å². The Hall–Kier alpha value is -1.36. The second-order valence-electron chi connectivity index (χ2n) is 8.72. The summed E-state index contributed by atoms with van der Waals surface area (Å²) >= 11 is 0. The quantitative estimate of drug-likeness (QED) is 0.531. The van der Waals surface area contributed by atoms with Crippen LogP contribution in [-0.4, -0.2) is 35.2 Å². The summed E-state index contributed by atoms with van der Waals surface area (Å²) in [6.07, 6.45) is 0.321. The van der Waals surface area contributed by atoms with Gasteiger partial charge >= 0.3 is 5.97 Å². The van der Waals surface area contributed by atoms with Crippen LogP contribution in [0.4, 0.5) is 0 Å². The van der Waals surface area contributed by atoms with Gasteiger partial charge in [0.25, 0.3) is 0 Å². The second kappa shape index (κ2) is 6.67. The Bertz CT molecular complexity index is 694. The summed E-state index contributed by atoms with van der Waals surface area (Å²) in [6.45, 7) is 12.8. The van der Waals surface area contributed by atoms with Gasteiger partial charge in [-0.15, -0.1) is 0 Å². The summed E-state index contributed by atoms with van der Waals surface area (Å²) in [5, 5.41) is 0. The molecular formula is C18H28O6Si2. The van der Waals surface area contributed by atoms with E-state index in [4.69, 9.17) is 23.1 Å². The predicted molar refractivity (Wildman–Crippen MR) is 102 cm³/mol. The molecular weight excluding hydrogens is 368 g/mol. The lowest BCUT2D eigenvalue weighted by atomic mass is 9.98. The van der Waals surface area contributed by atoms with Crippen molar-refractivity contribution in [2.75, 3.05) is 6.79 Å². The molecule has 0 spiro atoms. The maximum absolute atomic E-state index is 12.1. The molecule has 0 aliphatic carbocycles. The van der Waals surface area contributed by atoms with Crippen LogP contribution in [0.5, 0.6) is 11.5 Å². The maximum atomic E-state index is 12.1. The lowest BCUT2D eigenvalue weighted by Gasteiger charge is -2.42. The van der Waals surface area contributed by atoms with Crippen LogP contribution in [0.3, 0.4) is 0 Å². The molecule has 2 unspecified atom stereocenters. The molecule has 8 heteroatoms. The van der Waals surface area contributed by atoms with E-state index in [0.29, 0.717) is 24.3 Å². The van der Waals surface area contributed by atoms with E-state index in [-0.39, 0.29) is 12.8 Å². The van der Waals surface area contributed by atoms with Gasteiger partial charge in [0.05, 0.1) is 6.42 Å². The number of rotatable bonds is 6. The van der Waals surface area contributed by atoms with Gasteiger partial charge in [-0.3, -0.25) is 4.79 Å². The fourth-order valence-corrected chi connectivity index (χ4v) is 5.55. The minimum absolute atomic E-state index is 0.212. The molecule has 0 amide bonds. The summed E-state index contributed by atoms with van der Waals surface area (Å²) in [4.78, 5) is 12.1. The zero-order valence-corrected chi connectivity index (χ0v) is 18.4. The molecule has 6 nitrogen and oxygen atoms in total. The third-order valence-electron chi connectivity index (χ3n) is 4.01. The van der Waals surface area contributed by atoms with Gasteiger partial charge in [-0.25, -0.2) is 0 Å². The fourth-order valence-electron chi connectivity index (χ4n) is 3.24. The monoisotopic (exact) mass is 396 g/mol. The minimum Gasteiger partial charge on any atom is -0.454 e. The van der Waals surface area contributed by atoms with E-state index in [1.165, 1.54) is 0 Å². The molecule has 1 fully saturated rings. The van der Waals surface area contributed by atoms with Crippen molar-refractivity contribution in [1.29, 1.82) is 0 Å². The Balaban J connectivity index is 2.05. The first-order valence-electron chi connectivity index (χ1n) is 8.97. The Labute approximate surface area is 157 Å². The molecule has 1 saturated heterocycles. The van der Waals surface area contributed by atoms with E-state index in [0.717, 1.165) is 5.56 Å². The SMILES string of the molecule is C[Si](C)(C)OC(c1ccc2c(c1)OCO2)C1(O[Si](C)(C)C)CCC(=O)O1. The first-order valence-corrected chi connectivity index (χ1v) is 15.8. The zero-order valence-electron chi connectivity index (χ0n) is 16.4. The normalized spacial score (nSPS) is 23.8. The Morgan fingerprint density at radius 3 is 2.31 bits per heavy atom. The van der Waals surface area contributed by atoms with E-state index in [9.17, 15) is 4.79 Å². The van der Waals surface area contributed by atoms with Gasteiger partial charge in [0, 0.05) is 6.42 Å². The number of ether oxygens (including phenoxy) is 3. The van der Waals surface area contributed by atoms with Crippen LogP contribution in [0, 0.1) is 0 Å². The van der Waals surface area contributed by atoms with Crippen LogP contribution in [0.1, 0.15) is 24.5 Å². The molecule has 2 heterocycles. The van der Waals surface area contributed by atoms with Gasteiger partial charge in [-0.05, 0) is 57.0 Å². The van der Waals surface area contributed by atoms with Crippen LogP contribution in [0.25, 0.3) is 0 Å². The van der Waals surface area contributed by atoms with Crippen LogP contribution >= 0.6 is 0 Å². The Morgan fingerprint density at radius 1 is 1.04 bits per heavy atom. The molecule has 0 radical (unpaired) electrons. The lowest BCUT2D eigenvalue weighted by molar-refractivity contribution is -0.216. The van der Waals surface area contributed by atoms with Crippen molar-refractivity contribution >= 4 is 22.6 Å². The van der Waals surface area contributed by atoms with Crippen molar-refractivity contribution in [2.24, 2.45) is 0 Å². The number of esters is 1. The summed E-state index contributed by atoms with van der Waals surface area (Å²) in [5.74, 6) is 0.0617. The molecule has 0 aromatic heterocycles. The molecule has 0 saturated carbocycles. The van der Waals surface area contributed by atoms with E-state index in [1.807, 2.05) is 18.2 Å². The number of carbonyl (C=O) groups is 1. The molecule has 144 valence electrons. The van der Waals surface area contributed by atoms with Crippen LogP contribution in [0.15, 0.2) is 18.2 Å². The predicted octanol–water partition coefficient (Wildman–Crippen LogP) is 4.19. The first kappa shape index (κ1) is 19.4. The molecule has 2 atom stereocenters. The highest BCUT2D eigenvalue weighted by atomic mass is 28.4. The molecule has 2 aliphatic heterocycles. The van der Waals surface area contributed by atoms with Crippen molar-refractivity contribution < 1.29 is 27.9 Å². The molecule has 0 N–H and O–H groups in total. The Morgan fingerprint density at radius 2 is 1.73 bits per heavy atom. The van der Waals surface area contributed by atoms with E-state index >= 15 is 0 Å². The van der Waals surface area contributed by atoms with Crippen molar-refractivity contribution in [1.82, 2.24) is 0 Å². The smallest absolute Gasteiger partial charge is 0.308 e. The number of cyclic esters (lactones) is 1. The van der Waals surface area contributed by atoms with Crippen molar-refractivity contribution in [3.63, 3.8) is 0 Å². The highest BCUT2D eigenvalue weighted by Gasteiger charge is 2.53. The topological polar surface area (TPSA) is 63.2 Å². The number of hydrogen-bond acceptors (Lipinski definition) is 6. The third kappa shape index (κ3) is 4.30. The Kier molecular flexibility index (Phi) is 4.98. The highest BCUT2D eigenvalue weighted by Crippen LogP contribution is 2.46. The van der Waals surface area contributed by atoms with Gasteiger partial charge in [0.1, 0.15) is 6.10 Å². The average Bonchev–Trinajstić information content (AvgIpc) is 3.08. The maximum Gasteiger partial charge on any atom is 0.308 e. The third-order valence-corrected chi connectivity index (χ3v) is 5.91. The van der Waals surface area contributed by atoms with E-state index in [1.54, 1.807) is 0 Å². The van der Waals surface area contributed by atoms with Gasteiger partial charge < -0.3 is 23.1 Å². The fraction of sp³-hybridized carbons (Fsp3) is 0.611. The average molecular weight is 397 g/mol. The molecule has 26 heavy (non-hydrogen) atoms. The molecule has 1 aromatic carbocycles. The number of hydrogen-bond donors (Lipinski definition) is 0. The highest BCUT2D eigenvalue weighted by molar-refractivity contribution is 6.70. The van der Waals surface area contributed by atoms with Crippen LogP contribution in [0.2, 0.25) is 39.3 Å². The molecule has 2 aliphatic rings. The van der Waals surface area contributed by atoms with Crippen LogP contribution < -0.4 is 9.47 Å². The van der Waals surface area contributed by atoms with Crippen molar-refractivity contribution in [3.05, 3.63) is 23.8 Å². The number of carbonyl (C=O) groups excluding carboxylic acids is 1. The first-order chi connectivity index (χ1) is 12.0. The minimum atomic E-state index is -2.01. The van der Waals surface area contributed by atoms with Gasteiger partial charge in [-0.1, -0.05) is 6.07 Å². The lowest BCUT2D eigenvalue weighted by Crippen LogP contribution is -2.50. The van der Waals surface area contributed by atoms with Gasteiger partial charge in [0.15, 0.2) is 28.1 Å². The van der Waals surface area contributed by atoms with Gasteiger partial charge in [-0.2, -0.15) is 0 Å². The second-order valence-corrected chi connectivity index (χ2v) is 17.6. The standard InChI is InChI=1S/C18H28O6Si2/c1-25(2,3)23-17(13-7-8-14-15(11-13)21-12-20-14)18(24-26(4,5)6)10-9-16(19)22-18/h7-8,11,17H,9-10,12H2,1-6H3. The number of fused-ring (bicyclic) bond motifs is 1. The van der Waals surface area contributed by atoms with E-state index in [2.05, 4.69) is 39.3 Å². The summed E-state index contributed by atoms with van der Waals surface area (Å²) in [7, 11) is -3.98. The molecule has 0 bridgehead atoms. The summed E-state index contributed by atoms with van der Waals surface area (Å²) in [5.41, 5.74) is 0.879. The van der Waals surface area contributed by atoms with Gasteiger partial charge in [0.2, 0.25) is 12.6 Å². The van der Waals surface area contributed by atoms with Crippen molar-refractivity contribution in [2.45, 2.75) is 64.0 Å². The van der Waals surface area contributed by atoms with E-state index < -0.39 is 28.5 Å². The zero-order chi connectivity index (χ0) is 19.2. The number of benzene rings is 1. The largest absolute Gasteiger partial charge is 0.454 e. The summed E-state index contributed by atoms with van der Waals surface area (Å²) < 4.78 is 29.7. The molecule has 3 rings (SSSR count). The molecule has 1 aromatic rings.